The molecular weight excluding hydrogens is 158 g/mol. The van der Waals surface area contributed by atoms with E-state index in [-0.39, 0.29) is 0 Å². The van der Waals surface area contributed by atoms with Gasteiger partial charge in [0.25, 0.3) is 0 Å². The molecule has 0 N–H and O–H groups in total. The Morgan fingerprint density at radius 1 is 1.15 bits per heavy atom. The lowest BCUT2D eigenvalue weighted by atomic mass is 9.85. The molecule has 13 heavy (non-hydrogen) atoms. The smallest absolute Gasteiger partial charge is 0.0621 e. The molecule has 72 valence electrons. The minimum Gasteiger partial charge on any atom is -0.198 e. The largest absolute Gasteiger partial charge is 0.198 e. The molecule has 2 saturated carbocycles. The molecule has 2 rings (SSSR count). The molecular formula is C12H19N. The molecule has 2 bridgehead atoms. The molecule has 0 saturated heterocycles. The summed E-state index contributed by atoms with van der Waals surface area (Å²) >= 11 is 0. The molecule has 2 aliphatic rings. The Labute approximate surface area is 81.1 Å². The van der Waals surface area contributed by atoms with Crippen LogP contribution in [0, 0.1) is 29.1 Å². The van der Waals surface area contributed by atoms with Crippen molar-refractivity contribution in [1.29, 1.82) is 5.26 Å². The number of unbranched alkanes of at least 4 members (excludes halogenated alkanes) is 2. The quantitative estimate of drug-likeness (QED) is 0.603. The van der Waals surface area contributed by atoms with Crippen molar-refractivity contribution < 1.29 is 0 Å². The molecule has 0 spiro atoms. The van der Waals surface area contributed by atoms with Crippen LogP contribution in [0.25, 0.3) is 0 Å². The van der Waals surface area contributed by atoms with E-state index in [0.29, 0.717) is 0 Å². The summed E-state index contributed by atoms with van der Waals surface area (Å²) < 4.78 is 0. The van der Waals surface area contributed by atoms with Crippen molar-refractivity contribution in [3.05, 3.63) is 0 Å². The first-order valence-corrected chi connectivity index (χ1v) is 5.77. The third kappa shape index (κ3) is 2.05. The van der Waals surface area contributed by atoms with Crippen molar-refractivity contribution in [2.75, 3.05) is 0 Å². The van der Waals surface area contributed by atoms with Crippen molar-refractivity contribution in [3.8, 4) is 6.07 Å². The maximum Gasteiger partial charge on any atom is 0.0621 e. The van der Waals surface area contributed by atoms with Crippen LogP contribution in [-0.4, -0.2) is 0 Å². The summed E-state index contributed by atoms with van der Waals surface area (Å²) in [5.74, 6) is 3.20. The second kappa shape index (κ2) is 4.13. The van der Waals surface area contributed by atoms with Crippen LogP contribution in [0.1, 0.15) is 51.4 Å². The predicted molar refractivity (Wildman–Crippen MR) is 53.0 cm³/mol. The molecule has 1 heteroatoms. The van der Waals surface area contributed by atoms with E-state index >= 15 is 0 Å². The Kier molecular flexibility index (Phi) is 2.88. The summed E-state index contributed by atoms with van der Waals surface area (Å²) in [6.07, 6.45) is 10.7. The summed E-state index contributed by atoms with van der Waals surface area (Å²) in [5, 5.41) is 8.41. The van der Waals surface area contributed by atoms with E-state index in [9.17, 15) is 0 Å². The Hall–Kier alpha value is -0.510. The molecule has 0 heterocycles. The topological polar surface area (TPSA) is 23.8 Å². The average molecular weight is 177 g/mol. The molecule has 0 aromatic rings. The highest BCUT2D eigenvalue weighted by Crippen LogP contribution is 2.49. The fraction of sp³-hybridized carbons (Fsp3) is 0.917. The Balaban J connectivity index is 1.64. The maximum absolute atomic E-state index is 8.41. The van der Waals surface area contributed by atoms with Crippen LogP contribution in [0.5, 0.6) is 0 Å². The van der Waals surface area contributed by atoms with Gasteiger partial charge < -0.3 is 0 Å². The zero-order chi connectivity index (χ0) is 9.10. The first kappa shape index (κ1) is 9.06. The van der Waals surface area contributed by atoms with E-state index < -0.39 is 0 Å². The third-order valence-corrected chi connectivity index (χ3v) is 4.00. The first-order chi connectivity index (χ1) is 6.40. The van der Waals surface area contributed by atoms with Crippen LogP contribution in [-0.2, 0) is 0 Å². The van der Waals surface area contributed by atoms with Gasteiger partial charge in [0.05, 0.1) is 6.07 Å². The average Bonchev–Trinajstić information content (AvgIpc) is 2.73. The van der Waals surface area contributed by atoms with Gasteiger partial charge in [0.15, 0.2) is 0 Å². The normalized spacial score (nSPS) is 36.4. The monoisotopic (exact) mass is 177 g/mol. The molecule has 0 radical (unpaired) electrons. The minimum atomic E-state index is 0.765. The Bertz CT molecular complexity index is 204. The molecule has 2 aliphatic carbocycles. The van der Waals surface area contributed by atoms with E-state index in [4.69, 9.17) is 5.26 Å². The van der Waals surface area contributed by atoms with Gasteiger partial charge in [-0.3, -0.25) is 0 Å². The van der Waals surface area contributed by atoms with Crippen LogP contribution in [0.15, 0.2) is 0 Å². The van der Waals surface area contributed by atoms with Crippen LogP contribution in [0.4, 0.5) is 0 Å². The van der Waals surface area contributed by atoms with Gasteiger partial charge in [-0.2, -0.15) is 5.26 Å². The van der Waals surface area contributed by atoms with Gasteiger partial charge in [-0.25, -0.2) is 0 Å². The molecule has 3 unspecified atom stereocenters. The van der Waals surface area contributed by atoms with Crippen LogP contribution >= 0.6 is 0 Å². The number of hydrogen-bond donors (Lipinski definition) is 0. The SMILES string of the molecule is N#CCCCCC1CC2CCC1C2. The highest BCUT2D eigenvalue weighted by atomic mass is 14.4. The summed E-state index contributed by atoms with van der Waals surface area (Å²) in [5.41, 5.74) is 0. The van der Waals surface area contributed by atoms with Gasteiger partial charge in [0, 0.05) is 6.42 Å². The van der Waals surface area contributed by atoms with E-state index in [1.54, 1.807) is 0 Å². The zero-order valence-electron chi connectivity index (χ0n) is 8.34. The molecule has 0 aromatic heterocycles. The number of fused-ring (bicyclic) bond motifs is 2. The van der Waals surface area contributed by atoms with Crippen molar-refractivity contribution in [2.45, 2.75) is 51.4 Å². The fourth-order valence-corrected chi connectivity index (χ4v) is 3.34. The number of hydrogen-bond acceptors (Lipinski definition) is 1. The van der Waals surface area contributed by atoms with Gasteiger partial charge in [-0.15, -0.1) is 0 Å². The van der Waals surface area contributed by atoms with Crippen molar-refractivity contribution in [1.82, 2.24) is 0 Å². The van der Waals surface area contributed by atoms with Crippen molar-refractivity contribution >= 4 is 0 Å². The Morgan fingerprint density at radius 3 is 2.69 bits per heavy atom. The molecule has 0 aliphatic heterocycles. The maximum atomic E-state index is 8.41. The molecule has 0 amide bonds. The third-order valence-electron chi connectivity index (χ3n) is 4.00. The summed E-state index contributed by atoms with van der Waals surface area (Å²) in [4.78, 5) is 0. The molecule has 0 aromatic carbocycles. The van der Waals surface area contributed by atoms with E-state index in [2.05, 4.69) is 6.07 Å². The van der Waals surface area contributed by atoms with E-state index in [0.717, 1.165) is 30.6 Å². The van der Waals surface area contributed by atoms with Gasteiger partial charge >= 0.3 is 0 Å². The lowest BCUT2D eigenvalue weighted by molar-refractivity contribution is 0.306. The van der Waals surface area contributed by atoms with E-state index in [1.165, 1.54) is 38.5 Å². The minimum absolute atomic E-state index is 0.765. The summed E-state index contributed by atoms with van der Waals surface area (Å²) in [6.45, 7) is 0. The summed E-state index contributed by atoms with van der Waals surface area (Å²) in [7, 11) is 0. The van der Waals surface area contributed by atoms with Gasteiger partial charge in [-0.1, -0.05) is 19.3 Å². The predicted octanol–water partition coefficient (Wildman–Crippen LogP) is 3.51. The summed E-state index contributed by atoms with van der Waals surface area (Å²) in [6, 6.07) is 2.23. The second-order valence-electron chi connectivity index (χ2n) is 4.84. The van der Waals surface area contributed by atoms with Gasteiger partial charge in [-0.05, 0) is 43.4 Å². The van der Waals surface area contributed by atoms with Crippen molar-refractivity contribution in [2.24, 2.45) is 17.8 Å². The number of nitriles is 1. The second-order valence-corrected chi connectivity index (χ2v) is 4.84. The number of nitrogens with zero attached hydrogens (tertiary/aromatic N) is 1. The van der Waals surface area contributed by atoms with Gasteiger partial charge in [0.1, 0.15) is 0 Å². The van der Waals surface area contributed by atoms with E-state index in [1.807, 2.05) is 0 Å². The lowest BCUT2D eigenvalue weighted by Crippen LogP contribution is -2.09. The fourth-order valence-electron chi connectivity index (χ4n) is 3.34. The molecule has 3 atom stereocenters. The zero-order valence-corrected chi connectivity index (χ0v) is 8.34. The highest BCUT2D eigenvalue weighted by Gasteiger charge is 2.38. The standard InChI is InChI=1S/C12H19N/c13-7-3-1-2-4-11-8-10-5-6-12(11)9-10/h10-12H,1-6,8-9H2. The first-order valence-electron chi connectivity index (χ1n) is 5.77. The Morgan fingerprint density at radius 2 is 2.08 bits per heavy atom. The van der Waals surface area contributed by atoms with Crippen LogP contribution in [0.2, 0.25) is 0 Å². The molecule has 2 fully saturated rings. The number of rotatable bonds is 4. The van der Waals surface area contributed by atoms with Gasteiger partial charge in [0.2, 0.25) is 0 Å². The van der Waals surface area contributed by atoms with Crippen LogP contribution < -0.4 is 0 Å². The highest BCUT2D eigenvalue weighted by molar-refractivity contribution is 4.89. The van der Waals surface area contributed by atoms with Crippen LogP contribution in [0.3, 0.4) is 0 Å². The lowest BCUT2D eigenvalue weighted by Gasteiger charge is -2.20. The molecule has 1 nitrogen and oxygen atoms in total. The van der Waals surface area contributed by atoms with Crippen molar-refractivity contribution in [3.63, 3.8) is 0 Å².